The van der Waals surface area contributed by atoms with Crippen LogP contribution in [0.2, 0.25) is 0 Å². The lowest BCUT2D eigenvalue weighted by Gasteiger charge is -2.34. The average Bonchev–Trinajstić information content (AvgIpc) is 2.67. The van der Waals surface area contributed by atoms with E-state index < -0.39 is 10.0 Å². The number of carbonyl (C=O) groups is 1. The van der Waals surface area contributed by atoms with Gasteiger partial charge in [-0.25, -0.2) is 13.4 Å². The van der Waals surface area contributed by atoms with Gasteiger partial charge in [-0.2, -0.15) is 4.31 Å². The summed E-state index contributed by atoms with van der Waals surface area (Å²) < 4.78 is 27.4. The summed E-state index contributed by atoms with van der Waals surface area (Å²) >= 11 is 0. The van der Waals surface area contributed by atoms with Crippen LogP contribution < -0.4 is 4.90 Å². The first-order valence-electron chi connectivity index (χ1n) is 8.99. The molecule has 0 amide bonds. The minimum Gasteiger partial charge on any atom is -0.354 e. The molecule has 6 nitrogen and oxygen atoms in total. The first-order chi connectivity index (χ1) is 12.7. The molecule has 2 aromatic rings. The van der Waals surface area contributed by atoms with E-state index in [1.807, 2.05) is 17.0 Å². The lowest BCUT2D eigenvalue weighted by Crippen LogP contribution is -2.48. The number of rotatable bonds is 4. The minimum absolute atomic E-state index is 0.0169. The zero-order valence-corrected chi connectivity index (χ0v) is 16.7. The quantitative estimate of drug-likeness (QED) is 0.755. The Morgan fingerprint density at radius 2 is 1.63 bits per heavy atom. The molecule has 0 atom stereocenters. The SMILES string of the molecule is CC(C)(C)c1ccc(S(=O)(=O)N2CCN(c3cc(C=O)ccn3)CC2)cc1. The van der Waals surface area contributed by atoms with E-state index in [4.69, 9.17) is 0 Å². The molecule has 1 aliphatic rings. The Labute approximate surface area is 160 Å². The lowest BCUT2D eigenvalue weighted by molar-refractivity contribution is 0.112. The summed E-state index contributed by atoms with van der Waals surface area (Å²) in [4.78, 5) is 17.5. The molecular formula is C20H25N3O3S. The van der Waals surface area contributed by atoms with Crippen molar-refractivity contribution in [2.24, 2.45) is 0 Å². The van der Waals surface area contributed by atoms with Gasteiger partial charge in [-0.05, 0) is 35.2 Å². The predicted molar refractivity (Wildman–Crippen MR) is 106 cm³/mol. The number of aldehydes is 1. The third-order valence-electron chi connectivity index (χ3n) is 4.83. The van der Waals surface area contributed by atoms with Crippen LogP contribution in [0.15, 0.2) is 47.5 Å². The highest BCUT2D eigenvalue weighted by atomic mass is 32.2. The van der Waals surface area contributed by atoms with Crippen molar-refractivity contribution >= 4 is 22.1 Å². The zero-order chi connectivity index (χ0) is 19.7. The van der Waals surface area contributed by atoms with E-state index in [0.29, 0.717) is 42.5 Å². The second kappa shape index (κ2) is 7.40. The first kappa shape index (κ1) is 19.5. The second-order valence-corrected chi connectivity index (χ2v) is 9.67. The molecule has 1 aromatic carbocycles. The summed E-state index contributed by atoms with van der Waals surface area (Å²) in [5.74, 6) is 0.700. The molecule has 1 aliphatic heterocycles. The summed E-state index contributed by atoms with van der Waals surface area (Å²) in [7, 11) is -3.51. The molecule has 2 heterocycles. The molecule has 0 spiro atoms. The van der Waals surface area contributed by atoms with Crippen LogP contribution in [-0.4, -0.2) is 50.2 Å². The van der Waals surface area contributed by atoms with Crippen molar-refractivity contribution in [1.29, 1.82) is 0 Å². The van der Waals surface area contributed by atoms with Crippen molar-refractivity contribution < 1.29 is 13.2 Å². The third kappa shape index (κ3) is 4.20. The molecule has 0 bridgehead atoms. The second-order valence-electron chi connectivity index (χ2n) is 7.73. The van der Waals surface area contributed by atoms with Crippen molar-refractivity contribution in [2.75, 3.05) is 31.1 Å². The highest BCUT2D eigenvalue weighted by molar-refractivity contribution is 7.89. The van der Waals surface area contributed by atoms with Crippen molar-refractivity contribution in [2.45, 2.75) is 31.1 Å². The summed E-state index contributed by atoms with van der Waals surface area (Å²) in [6.45, 7) is 8.14. The molecule has 1 aromatic heterocycles. The first-order valence-corrected chi connectivity index (χ1v) is 10.4. The van der Waals surface area contributed by atoms with Crippen LogP contribution in [0, 0.1) is 0 Å². The fourth-order valence-electron chi connectivity index (χ4n) is 3.11. The van der Waals surface area contributed by atoms with Gasteiger partial charge in [0.2, 0.25) is 10.0 Å². The van der Waals surface area contributed by atoms with Gasteiger partial charge in [-0.15, -0.1) is 0 Å². The number of aromatic nitrogens is 1. The summed E-state index contributed by atoms with van der Waals surface area (Å²) in [6.07, 6.45) is 2.38. The maximum absolute atomic E-state index is 12.9. The standard InChI is InChI=1S/C20H25N3O3S/c1-20(2,3)17-4-6-18(7-5-17)27(25,26)23-12-10-22(11-13-23)19-14-16(15-24)8-9-21-19/h4-9,14-15H,10-13H2,1-3H3. The number of anilines is 1. The largest absolute Gasteiger partial charge is 0.354 e. The highest BCUT2D eigenvalue weighted by Gasteiger charge is 2.29. The minimum atomic E-state index is -3.51. The maximum atomic E-state index is 12.9. The van der Waals surface area contributed by atoms with Gasteiger partial charge in [-0.3, -0.25) is 4.79 Å². The lowest BCUT2D eigenvalue weighted by atomic mass is 9.87. The molecule has 1 fully saturated rings. The van der Waals surface area contributed by atoms with Gasteiger partial charge in [0.15, 0.2) is 0 Å². The zero-order valence-electron chi connectivity index (χ0n) is 15.9. The van der Waals surface area contributed by atoms with Gasteiger partial charge in [0.05, 0.1) is 4.90 Å². The van der Waals surface area contributed by atoms with Crippen LogP contribution in [0.5, 0.6) is 0 Å². The summed E-state index contributed by atoms with van der Waals surface area (Å²) in [5, 5.41) is 0. The van der Waals surface area contributed by atoms with Gasteiger partial charge < -0.3 is 4.90 Å². The monoisotopic (exact) mass is 387 g/mol. The number of hydrogen-bond acceptors (Lipinski definition) is 5. The summed E-state index contributed by atoms with van der Waals surface area (Å²) in [5.41, 5.74) is 1.65. The van der Waals surface area contributed by atoms with Gasteiger partial charge in [0.25, 0.3) is 0 Å². The Balaban J connectivity index is 1.72. The smallest absolute Gasteiger partial charge is 0.243 e. The molecule has 1 saturated heterocycles. The molecule has 0 saturated carbocycles. The molecule has 0 N–H and O–H groups in total. The van der Waals surface area contributed by atoms with Crippen LogP contribution in [0.4, 0.5) is 5.82 Å². The van der Waals surface area contributed by atoms with Crippen LogP contribution >= 0.6 is 0 Å². The maximum Gasteiger partial charge on any atom is 0.243 e. The topological polar surface area (TPSA) is 70.6 Å². The highest BCUT2D eigenvalue weighted by Crippen LogP contribution is 2.25. The number of hydrogen-bond donors (Lipinski definition) is 0. The van der Waals surface area contributed by atoms with Gasteiger partial charge >= 0.3 is 0 Å². The number of benzene rings is 1. The molecule has 27 heavy (non-hydrogen) atoms. The number of piperazine rings is 1. The van der Waals surface area contributed by atoms with E-state index in [1.54, 1.807) is 30.5 Å². The van der Waals surface area contributed by atoms with Gasteiger partial charge in [0, 0.05) is 37.9 Å². The van der Waals surface area contributed by atoms with E-state index in [2.05, 4.69) is 25.8 Å². The Morgan fingerprint density at radius 3 is 2.19 bits per heavy atom. The molecule has 3 rings (SSSR count). The van der Waals surface area contributed by atoms with Crippen molar-refractivity contribution in [3.63, 3.8) is 0 Å². The van der Waals surface area contributed by atoms with E-state index in [1.165, 1.54) is 4.31 Å². The number of nitrogens with zero attached hydrogens (tertiary/aromatic N) is 3. The van der Waals surface area contributed by atoms with Crippen molar-refractivity contribution in [3.05, 3.63) is 53.7 Å². The van der Waals surface area contributed by atoms with Crippen LogP contribution in [-0.2, 0) is 15.4 Å². The fourth-order valence-corrected chi connectivity index (χ4v) is 4.54. The molecule has 0 unspecified atom stereocenters. The average molecular weight is 388 g/mol. The predicted octanol–water partition coefficient (Wildman–Crippen LogP) is 2.70. The van der Waals surface area contributed by atoms with Crippen molar-refractivity contribution in [1.82, 2.24) is 9.29 Å². The van der Waals surface area contributed by atoms with E-state index in [9.17, 15) is 13.2 Å². The number of carbonyl (C=O) groups excluding carboxylic acids is 1. The Bertz CT molecular complexity index is 910. The van der Waals surface area contributed by atoms with Crippen LogP contribution in [0.3, 0.4) is 0 Å². The van der Waals surface area contributed by atoms with Crippen LogP contribution in [0.25, 0.3) is 0 Å². The molecule has 144 valence electrons. The Hall–Kier alpha value is -2.25. The number of pyridine rings is 1. The van der Waals surface area contributed by atoms with E-state index >= 15 is 0 Å². The number of sulfonamides is 1. The molecule has 7 heteroatoms. The molecule has 0 aliphatic carbocycles. The molecular weight excluding hydrogens is 362 g/mol. The fraction of sp³-hybridized carbons (Fsp3) is 0.400. The summed E-state index contributed by atoms with van der Waals surface area (Å²) in [6, 6.07) is 10.5. The molecule has 0 radical (unpaired) electrons. The third-order valence-corrected chi connectivity index (χ3v) is 6.74. The van der Waals surface area contributed by atoms with E-state index in [-0.39, 0.29) is 5.41 Å². The van der Waals surface area contributed by atoms with Crippen molar-refractivity contribution in [3.8, 4) is 0 Å². The van der Waals surface area contributed by atoms with Gasteiger partial charge in [-0.1, -0.05) is 32.9 Å². The van der Waals surface area contributed by atoms with E-state index in [0.717, 1.165) is 11.8 Å². The Kier molecular flexibility index (Phi) is 5.35. The van der Waals surface area contributed by atoms with Gasteiger partial charge in [0.1, 0.15) is 12.1 Å². The van der Waals surface area contributed by atoms with Crippen LogP contribution in [0.1, 0.15) is 36.7 Å². The Morgan fingerprint density at radius 1 is 1.00 bits per heavy atom. The normalized spacial score (nSPS) is 16.3.